The van der Waals surface area contributed by atoms with Crippen LogP contribution in [0.2, 0.25) is 0 Å². The maximum atomic E-state index is 5.70. The van der Waals surface area contributed by atoms with Crippen LogP contribution in [-0.2, 0) is 11.3 Å². The number of ether oxygens (including phenoxy) is 2. The second kappa shape index (κ2) is 6.92. The van der Waals surface area contributed by atoms with Gasteiger partial charge in [0.25, 0.3) is 0 Å². The molecule has 0 heterocycles. The van der Waals surface area contributed by atoms with Gasteiger partial charge < -0.3 is 14.8 Å². The van der Waals surface area contributed by atoms with Gasteiger partial charge in [0.1, 0.15) is 5.75 Å². The highest BCUT2D eigenvalue weighted by Gasteiger charge is 2.28. The van der Waals surface area contributed by atoms with E-state index in [0.717, 1.165) is 31.7 Å². The van der Waals surface area contributed by atoms with Crippen molar-refractivity contribution >= 4 is 0 Å². The van der Waals surface area contributed by atoms with Crippen LogP contribution in [-0.4, -0.2) is 24.9 Å². The fourth-order valence-electron chi connectivity index (χ4n) is 2.37. The Labute approximate surface area is 116 Å². The van der Waals surface area contributed by atoms with Crippen molar-refractivity contribution in [2.45, 2.75) is 58.4 Å². The Bertz CT molecular complexity index is 386. The molecule has 0 amide bonds. The molecule has 0 unspecified atom stereocenters. The summed E-state index contributed by atoms with van der Waals surface area (Å²) in [5, 5.41) is 3.57. The summed E-state index contributed by atoms with van der Waals surface area (Å²) in [6.07, 6.45) is 2.96. The van der Waals surface area contributed by atoms with Gasteiger partial charge in [0, 0.05) is 19.2 Å². The fourth-order valence-corrected chi connectivity index (χ4v) is 2.37. The minimum atomic E-state index is 0.224. The Kier molecular flexibility index (Phi) is 5.23. The van der Waals surface area contributed by atoms with Gasteiger partial charge in [-0.3, -0.25) is 0 Å². The average molecular weight is 263 g/mol. The largest absolute Gasteiger partial charge is 0.491 e. The summed E-state index contributed by atoms with van der Waals surface area (Å²) in [7, 11) is 0. The van der Waals surface area contributed by atoms with Gasteiger partial charge in [-0.1, -0.05) is 12.1 Å². The summed E-state index contributed by atoms with van der Waals surface area (Å²) in [5.74, 6) is 0.954. The molecule has 3 nitrogen and oxygen atoms in total. The lowest BCUT2D eigenvalue weighted by molar-refractivity contribution is -0.0102. The predicted octanol–water partition coefficient (Wildman–Crippen LogP) is 3.13. The number of rotatable bonds is 7. The molecule has 0 saturated heterocycles. The smallest absolute Gasteiger partial charge is 0.120 e. The van der Waals surface area contributed by atoms with E-state index in [-0.39, 0.29) is 6.10 Å². The van der Waals surface area contributed by atoms with Gasteiger partial charge in [0.15, 0.2) is 0 Å². The second-order valence-electron chi connectivity index (χ2n) is 5.44. The molecular formula is C16H25NO2. The van der Waals surface area contributed by atoms with Crippen LogP contribution in [0.4, 0.5) is 0 Å². The van der Waals surface area contributed by atoms with E-state index in [9.17, 15) is 0 Å². The highest BCUT2D eigenvalue weighted by atomic mass is 16.5. The fraction of sp³-hybridized carbons (Fsp3) is 0.625. The van der Waals surface area contributed by atoms with Gasteiger partial charge in [-0.2, -0.15) is 0 Å². The molecule has 1 aliphatic carbocycles. The third-order valence-corrected chi connectivity index (χ3v) is 3.36. The van der Waals surface area contributed by atoms with E-state index >= 15 is 0 Å². The molecule has 19 heavy (non-hydrogen) atoms. The summed E-state index contributed by atoms with van der Waals surface area (Å²) >= 11 is 0. The van der Waals surface area contributed by atoms with Crippen LogP contribution in [0.3, 0.4) is 0 Å². The lowest BCUT2D eigenvalue weighted by atomic mass is 9.89. The van der Waals surface area contributed by atoms with Gasteiger partial charge in [0.2, 0.25) is 0 Å². The maximum Gasteiger partial charge on any atom is 0.120 e. The molecule has 0 spiro atoms. The molecule has 0 aliphatic heterocycles. The number of hydrogen-bond acceptors (Lipinski definition) is 3. The van der Waals surface area contributed by atoms with Gasteiger partial charge in [-0.05, 0) is 51.3 Å². The summed E-state index contributed by atoms with van der Waals surface area (Å²) in [4.78, 5) is 0. The van der Waals surface area contributed by atoms with E-state index in [2.05, 4.69) is 30.4 Å². The Morgan fingerprint density at radius 3 is 2.79 bits per heavy atom. The molecule has 0 aromatic heterocycles. The maximum absolute atomic E-state index is 5.70. The summed E-state index contributed by atoms with van der Waals surface area (Å²) in [6.45, 7) is 7.88. The number of hydrogen-bond donors (Lipinski definition) is 1. The number of nitrogens with one attached hydrogen (secondary N) is 1. The van der Waals surface area contributed by atoms with Gasteiger partial charge in [0.05, 0.1) is 12.2 Å². The molecule has 1 fully saturated rings. The third-order valence-electron chi connectivity index (χ3n) is 3.36. The van der Waals surface area contributed by atoms with Crippen LogP contribution >= 0.6 is 0 Å². The molecule has 1 aromatic rings. The zero-order valence-corrected chi connectivity index (χ0v) is 12.2. The van der Waals surface area contributed by atoms with Crippen LogP contribution in [0, 0.1) is 0 Å². The molecule has 0 atom stereocenters. The van der Waals surface area contributed by atoms with Crippen molar-refractivity contribution in [2.75, 3.05) is 6.61 Å². The topological polar surface area (TPSA) is 30.5 Å². The van der Waals surface area contributed by atoms with E-state index in [0.29, 0.717) is 12.1 Å². The molecule has 1 aliphatic rings. The zero-order valence-electron chi connectivity index (χ0n) is 12.2. The zero-order chi connectivity index (χ0) is 13.7. The van der Waals surface area contributed by atoms with Crippen molar-refractivity contribution < 1.29 is 9.47 Å². The van der Waals surface area contributed by atoms with E-state index in [1.165, 1.54) is 5.56 Å². The van der Waals surface area contributed by atoms with Gasteiger partial charge in [-0.15, -0.1) is 0 Å². The normalized spacial score (nSPS) is 22.3. The predicted molar refractivity (Wildman–Crippen MR) is 77.5 cm³/mol. The molecule has 1 saturated carbocycles. The van der Waals surface area contributed by atoms with Crippen molar-refractivity contribution in [3.63, 3.8) is 0 Å². The molecule has 2 rings (SSSR count). The second-order valence-corrected chi connectivity index (χ2v) is 5.44. The first-order valence-electron chi connectivity index (χ1n) is 7.28. The molecule has 0 bridgehead atoms. The van der Waals surface area contributed by atoms with E-state index in [1.54, 1.807) is 0 Å². The monoisotopic (exact) mass is 263 g/mol. The lowest BCUT2D eigenvalue weighted by Crippen LogP contribution is -2.45. The third kappa shape index (κ3) is 4.51. The molecule has 3 heteroatoms. The Morgan fingerprint density at radius 2 is 2.11 bits per heavy atom. The van der Waals surface area contributed by atoms with Crippen molar-refractivity contribution in [1.82, 2.24) is 5.32 Å². The Balaban J connectivity index is 1.74. The molecule has 0 radical (unpaired) electrons. The Morgan fingerprint density at radius 1 is 1.32 bits per heavy atom. The SMILES string of the molecule is CCOC1CC(NCc2cccc(OC(C)C)c2)C1. The van der Waals surface area contributed by atoms with Crippen molar-refractivity contribution in [1.29, 1.82) is 0 Å². The quantitative estimate of drug-likeness (QED) is 0.820. The van der Waals surface area contributed by atoms with Crippen molar-refractivity contribution in [2.24, 2.45) is 0 Å². The van der Waals surface area contributed by atoms with Crippen molar-refractivity contribution in [3.05, 3.63) is 29.8 Å². The highest BCUT2D eigenvalue weighted by Crippen LogP contribution is 2.24. The minimum absolute atomic E-state index is 0.224. The highest BCUT2D eigenvalue weighted by molar-refractivity contribution is 5.28. The van der Waals surface area contributed by atoms with Gasteiger partial charge in [-0.25, -0.2) is 0 Å². The van der Waals surface area contributed by atoms with E-state index < -0.39 is 0 Å². The molecule has 106 valence electrons. The van der Waals surface area contributed by atoms with Crippen LogP contribution in [0.1, 0.15) is 39.2 Å². The van der Waals surface area contributed by atoms with Gasteiger partial charge >= 0.3 is 0 Å². The number of benzene rings is 1. The van der Waals surface area contributed by atoms with E-state index in [1.807, 2.05) is 19.9 Å². The summed E-state index contributed by atoms with van der Waals surface area (Å²) in [6, 6.07) is 8.92. The van der Waals surface area contributed by atoms with Crippen molar-refractivity contribution in [3.8, 4) is 5.75 Å². The summed E-state index contributed by atoms with van der Waals surface area (Å²) < 4.78 is 11.3. The Hall–Kier alpha value is -1.06. The first-order chi connectivity index (χ1) is 9.17. The lowest BCUT2D eigenvalue weighted by Gasteiger charge is -2.35. The van der Waals surface area contributed by atoms with E-state index in [4.69, 9.17) is 9.47 Å². The molecule has 1 N–H and O–H groups in total. The standard InChI is InChI=1S/C16H25NO2/c1-4-18-16-9-14(10-16)17-11-13-6-5-7-15(8-13)19-12(2)3/h5-8,12,14,16-17H,4,9-11H2,1-3H3. The molecule has 1 aromatic carbocycles. The first-order valence-corrected chi connectivity index (χ1v) is 7.28. The molecular weight excluding hydrogens is 238 g/mol. The van der Waals surface area contributed by atoms with Crippen LogP contribution in [0.25, 0.3) is 0 Å². The first kappa shape index (κ1) is 14.4. The van der Waals surface area contributed by atoms with Crippen LogP contribution < -0.4 is 10.1 Å². The van der Waals surface area contributed by atoms with Crippen LogP contribution in [0.15, 0.2) is 24.3 Å². The average Bonchev–Trinajstić information content (AvgIpc) is 2.31. The summed E-state index contributed by atoms with van der Waals surface area (Å²) in [5.41, 5.74) is 1.28. The minimum Gasteiger partial charge on any atom is -0.491 e. The van der Waals surface area contributed by atoms with Crippen LogP contribution in [0.5, 0.6) is 5.75 Å².